The summed E-state index contributed by atoms with van der Waals surface area (Å²) in [5.41, 5.74) is 4.12. The largest absolute Gasteiger partial charge is 0.493 e. The molecule has 25 heavy (non-hydrogen) atoms. The molecule has 1 atom stereocenters. The maximum Gasteiger partial charge on any atom is 0.280 e. The number of nitrogens with zero attached hydrogens (tertiary/aromatic N) is 1. The zero-order chi connectivity index (χ0) is 18.2. The van der Waals surface area contributed by atoms with Crippen LogP contribution in [0.2, 0.25) is 5.02 Å². The summed E-state index contributed by atoms with van der Waals surface area (Å²) in [6.07, 6.45) is 0.850. The van der Waals surface area contributed by atoms with Gasteiger partial charge in [-0.2, -0.15) is 5.10 Å². The number of amides is 1. The van der Waals surface area contributed by atoms with Crippen molar-refractivity contribution in [1.82, 2.24) is 5.43 Å². The summed E-state index contributed by atoms with van der Waals surface area (Å²) < 4.78 is 11.2. The highest BCUT2D eigenvalue weighted by Crippen LogP contribution is 2.22. The minimum atomic E-state index is -0.695. The molecule has 1 N–H and O–H groups in total. The number of para-hydroxylation sites is 1. The number of hydrazone groups is 1. The van der Waals surface area contributed by atoms with Gasteiger partial charge in [-0.1, -0.05) is 23.7 Å². The summed E-state index contributed by atoms with van der Waals surface area (Å²) in [5, 5.41) is 4.60. The molecule has 0 bridgehead atoms. The van der Waals surface area contributed by atoms with Crippen molar-refractivity contribution in [2.24, 2.45) is 5.10 Å². The highest BCUT2D eigenvalue weighted by molar-refractivity contribution is 6.30. The Balaban J connectivity index is 1.95. The monoisotopic (exact) mass is 360 g/mol. The van der Waals surface area contributed by atoms with E-state index in [4.69, 9.17) is 21.1 Å². The van der Waals surface area contributed by atoms with Crippen molar-refractivity contribution in [3.05, 3.63) is 58.6 Å². The van der Waals surface area contributed by atoms with Gasteiger partial charge < -0.3 is 9.47 Å². The lowest BCUT2D eigenvalue weighted by Gasteiger charge is -2.15. The number of benzene rings is 2. The minimum Gasteiger partial charge on any atom is -0.493 e. The molecule has 2 aromatic rings. The fourth-order valence-corrected chi connectivity index (χ4v) is 2.35. The summed E-state index contributed by atoms with van der Waals surface area (Å²) in [5.74, 6) is 0.973. The predicted octanol–water partition coefficient (Wildman–Crippen LogP) is 3.96. The SMILES string of the molecule is CCOc1ccccc1C=NNC(=O)C(C)Oc1ccc(Cl)cc1C. The Labute approximate surface area is 152 Å². The predicted molar refractivity (Wildman–Crippen MR) is 99.6 cm³/mol. The molecule has 0 saturated carbocycles. The molecule has 0 heterocycles. The van der Waals surface area contributed by atoms with Crippen molar-refractivity contribution >= 4 is 23.7 Å². The molecule has 0 aliphatic rings. The number of halogens is 1. The highest BCUT2D eigenvalue weighted by Gasteiger charge is 2.15. The standard InChI is InChI=1S/C19H21ClN2O3/c1-4-24-18-8-6-5-7-15(18)12-21-22-19(23)14(3)25-17-10-9-16(20)11-13(17)2/h5-12,14H,4H2,1-3H3,(H,22,23). The minimum absolute atomic E-state index is 0.348. The van der Waals surface area contributed by atoms with Gasteiger partial charge in [0.1, 0.15) is 11.5 Å². The molecule has 0 aliphatic heterocycles. The second-order valence-electron chi connectivity index (χ2n) is 5.37. The molecule has 0 saturated heterocycles. The van der Waals surface area contributed by atoms with Gasteiger partial charge in [0.15, 0.2) is 6.10 Å². The van der Waals surface area contributed by atoms with E-state index in [0.29, 0.717) is 23.1 Å². The van der Waals surface area contributed by atoms with Crippen LogP contribution in [0.1, 0.15) is 25.0 Å². The third-order valence-electron chi connectivity index (χ3n) is 3.41. The Morgan fingerprint density at radius 1 is 1.28 bits per heavy atom. The number of carbonyl (C=O) groups excluding carboxylic acids is 1. The van der Waals surface area contributed by atoms with Crippen molar-refractivity contribution < 1.29 is 14.3 Å². The van der Waals surface area contributed by atoms with E-state index >= 15 is 0 Å². The van der Waals surface area contributed by atoms with E-state index in [0.717, 1.165) is 11.1 Å². The summed E-state index contributed by atoms with van der Waals surface area (Å²) in [7, 11) is 0. The third-order valence-corrected chi connectivity index (χ3v) is 3.64. The Hall–Kier alpha value is -2.53. The first-order chi connectivity index (χ1) is 12.0. The molecule has 0 fully saturated rings. The van der Waals surface area contributed by atoms with Crippen LogP contribution in [0.4, 0.5) is 0 Å². The summed E-state index contributed by atoms with van der Waals surface area (Å²) in [6.45, 7) is 6.00. The van der Waals surface area contributed by atoms with Crippen LogP contribution < -0.4 is 14.9 Å². The van der Waals surface area contributed by atoms with Crippen LogP contribution in [0.5, 0.6) is 11.5 Å². The second kappa shape index (κ2) is 9.08. The molecule has 132 valence electrons. The molecule has 6 heteroatoms. The molecule has 1 amide bonds. The molecule has 0 radical (unpaired) electrons. The zero-order valence-corrected chi connectivity index (χ0v) is 15.2. The molecule has 0 spiro atoms. The van der Waals surface area contributed by atoms with E-state index in [1.165, 1.54) is 0 Å². The van der Waals surface area contributed by atoms with Gasteiger partial charge in [0.05, 0.1) is 12.8 Å². The van der Waals surface area contributed by atoms with E-state index < -0.39 is 6.10 Å². The zero-order valence-electron chi connectivity index (χ0n) is 14.5. The fraction of sp³-hybridized carbons (Fsp3) is 0.263. The van der Waals surface area contributed by atoms with Crippen molar-refractivity contribution in [2.75, 3.05) is 6.61 Å². The Kier molecular flexibility index (Phi) is 6.83. The van der Waals surface area contributed by atoms with Gasteiger partial charge in [-0.15, -0.1) is 0 Å². The number of ether oxygens (including phenoxy) is 2. The fourth-order valence-electron chi connectivity index (χ4n) is 2.12. The molecule has 2 rings (SSSR count). The van der Waals surface area contributed by atoms with Crippen molar-refractivity contribution in [3.63, 3.8) is 0 Å². The maximum atomic E-state index is 12.1. The van der Waals surface area contributed by atoms with Crippen molar-refractivity contribution in [1.29, 1.82) is 0 Å². The van der Waals surface area contributed by atoms with Gasteiger partial charge in [0.25, 0.3) is 5.91 Å². The summed E-state index contributed by atoms with van der Waals surface area (Å²) in [6, 6.07) is 12.7. The molecule has 0 aromatic heterocycles. The first-order valence-corrected chi connectivity index (χ1v) is 8.36. The van der Waals surface area contributed by atoms with Crippen LogP contribution in [0.15, 0.2) is 47.6 Å². The maximum absolute atomic E-state index is 12.1. The van der Waals surface area contributed by atoms with Crippen LogP contribution >= 0.6 is 11.6 Å². The number of hydrogen-bond donors (Lipinski definition) is 1. The lowest BCUT2D eigenvalue weighted by atomic mass is 10.2. The average Bonchev–Trinajstić information content (AvgIpc) is 2.59. The first kappa shape index (κ1) is 18.8. The lowest BCUT2D eigenvalue weighted by Crippen LogP contribution is -2.33. The van der Waals surface area contributed by atoms with Gasteiger partial charge >= 0.3 is 0 Å². The molecular formula is C19H21ClN2O3. The van der Waals surface area contributed by atoms with Crippen molar-refractivity contribution in [2.45, 2.75) is 26.9 Å². The Morgan fingerprint density at radius 3 is 2.76 bits per heavy atom. The van der Waals surface area contributed by atoms with E-state index in [1.54, 1.807) is 31.3 Å². The van der Waals surface area contributed by atoms with Crippen LogP contribution in [0.25, 0.3) is 0 Å². The van der Waals surface area contributed by atoms with Gasteiger partial charge in [-0.3, -0.25) is 4.79 Å². The van der Waals surface area contributed by atoms with Gasteiger partial charge in [-0.05, 0) is 56.7 Å². The van der Waals surface area contributed by atoms with Crippen LogP contribution in [-0.2, 0) is 4.79 Å². The molecule has 2 aromatic carbocycles. The van der Waals surface area contributed by atoms with E-state index in [2.05, 4.69) is 10.5 Å². The number of rotatable bonds is 7. The van der Waals surface area contributed by atoms with Gasteiger partial charge in [-0.25, -0.2) is 5.43 Å². The first-order valence-electron chi connectivity index (χ1n) is 7.98. The molecular weight excluding hydrogens is 340 g/mol. The van der Waals surface area contributed by atoms with E-state index in [-0.39, 0.29) is 5.91 Å². The van der Waals surface area contributed by atoms with Gasteiger partial charge in [0, 0.05) is 10.6 Å². The Morgan fingerprint density at radius 2 is 2.04 bits per heavy atom. The normalized spacial score (nSPS) is 12.0. The van der Waals surface area contributed by atoms with Crippen molar-refractivity contribution in [3.8, 4) is 11.5 Å². The number of nitrogens with one attached hydrogen (secondary N) is 1. The van der Waals surface area contributed by atoms with Crippen LogP contribution in [-0.4, -0.2) is 24.8 Å². The number of aryl methyl sites for hydroxylation is 1. The van der Waals surface area contributed by atoms with Gasteiger partial charge in [0.2, 0.25) is 0 Å². The number of hydrogen-bond acceptors (Lipinski definition) is 4. The van der Waals surface area contributed by atoms with E-state index in [1.807, 2.05) is 38.1 Å². The quantitative estimate of drug-likeness (QED) is 0.600. The lowest BCUT2D eigenvalue weighted by molar-refractivity contribution is -0.127. The van der Waals surface area contributed by atoms with Crippen LogP contribution in [0, 0.1) is 6.92 Å². The smallest absolute Gasteiger partial charge is 0.280 e. The summed E-state index contributed by atoms with van der Waals surface area (Å²) in [4.78, 5) is 12.1. The number of carbonyl (C=O) groups is 1. The van der Waals surface area contributed by atoms with Crippen LogP contribution in [0.3, 0.4) is 0 Å². The molecule has 5 nitrogen and oxygen atoms in total. The Bertz CT molecular complexity index is 762. The van der Waals surface area contributed by atoms with E-state index in [9.17, 15) is 4.79 Å². The average molecular weight is 361 g/mol. The highest BCUT2D eigenvalue weighted by atomic mass is 35.5. The molecule has 1 unspecified atom stereocenters. The summed E-state index contributed by atoms with van der Waals surface area (Å²) >= 11 is 5.91. The molecule has 0 aliphatic carbocycles. The third kappa shape index (κ3) is 5.50. The topological polar surface area (TPSA) is 59.9 Å². The second-order valence-corrected chi connectivity index (χ2v) is 5.81.